The molecule has 108 valence electrons. The Morgan fingerprint density at radius 3 is 2.79 bits per heavy atom. The van der Waals surface area contributed by atoms with E-state index in [-0.39, 0.29) is 5.82 Å². The standard InChI is InChI=1S/C16H26FNO/c1-4-10-18-14(3)7-5-6-11-19-15-9-8-13(2)16(17)12-15/h8-9,12,14,18H,4-7,10-11H2,1-3H3. The smallest absolute Gasteiger partial charge is 0.129 e. The van der Waals surface area contributed by atoms with Gasteiger partial charge in [-0.15, -0.1) is 0 Å². The van der Waals surface area contributed by atoms with Crippen LogP contribution in [0.15, 0.2) is 18.2 Å². The minimum absolute atomic E-state index is 0.199. The summed E-state index contributed by atoms with van der Waals surface area (Å²) in [5, 5.41) is 3.46. The van der Waals surface area contributed by atoms with Crippen LogP contribution in [0.5, 0.6) is 5.75 Å². The molecule has 1 N–H and O–H groups in total. The Morgan fingerprint density at radius 1 is 1.32 bits per heavy atom. The first-order chi connectivity index (χ1) is 9.13. The van der Waals surface area contributed by atoms with Crippen molar-refractivity contribution in [1.29, 1.82) is 0 Å². The third-order valence-corrected chi connectivity index (χ3v) is 3.19. The summed E-state index contributed by atoms with van der Waals surface area (Å²) >= 11 is 0. The number of unbranched alkanes of at least 4 members (excludes halogenated alkanes) is 1. The Balaban J connectivity index is 2.12. The molecule has 0 amide bonds. The van der Waals surface area contributed by atoms with Crippen LogP contribution in [0.1, 0.15) is 45.1 Å². The Kier molecular flexibility index (Phi) is 7.49. The van der Waals surface area contributed by atoms with Crippen molar-refractivity contribution in [2.45, 2.75) is 52.5 Å². The highest BCUT2D eigenvalue weighted by atomic mass is 19.1. The van der Waals surface area contributed by atoms with Crippen molar-refractivity contribution in [1.82, 2.24) is 5.32 Å². The molecule has 1 unspecified atom stereocenters. The minimum Gasteiger partial charge on any atom is -0.493 e. The largest absolute Gasteiger partial charge is 0.493 e. The van der Waals surface area contributed by atoms with Crippen LogP contribution < -0.4 is 10.1 Å². The molecule has 0 aliphatic heterocycles. The minimum atomic E-state index is -0.199. The molecule has 1 aromatic carbocycles. The van der Waals surface area contributed by atoms with Crippen LogP contribution in [-0.4, -0.2) is 19.2 Å². The van der Waals surface area contributed by atoms with Gasteiger partial charge < -0.3 is 10.1 Å². The third-order valence-electron chi connectivity index (χ3n) is 3.19. The molecule has 0 bridgehead atoms. The fraction of sp³-hybridized carbons (Fsp3) is 0.625. The van der Waals surface area contributed by atoms with E-state index in [1.165, 1.54) is 12.5 Å². The van der Waals surface area contributed by atoms with E-state index in [0.29, 0.717) is 24.0 Å². The van der Waals surface area contributed by atoms with Gasteiger partial charge in [-0.1, -0.05) is 13.0 Å². The summed E-state index contributed by atoms with van der Waals surface area (Å²) in [4.78, 5) is 0. The Bertz CT molecular complexity index is 368. The monoisotopic (exact) mass is 267 g/mol. The molecule has 1 aromatic rings. The van der Waals surface area contributed by atoms with Gasteiger partial charge in [0.2, 0.25) is 0 Å². The molecule has 1 rings (SSSR count). The number of rotatable bonds is 9. The summed E-state index contributed by atoms with van der Waals surface area (Å²) in [6.07, 6.45) is 4.47. The number of ether oxygens (including phenoxy) is 1. The summed E-state index contributed by atoms with van der Waals surface area (Å²) in [6.45, 7) is 7.88. The average molecular weight is 267 g/mol. The second kappa shape index (κ2) is 8.92. The summed E-state index contributed by atoms with van der Waals surface area (Å²) in [5.74, 6) is 0.426. The summed E-state index contributed by atoms with van der Waals surface area (Å²) in [7, 11) is 0. The molecule has 0 heterocycles. The van der Waals surface area contributed by atoms with Crippen molar-refractivity contribution >= 4 is 0 Å². The predicted molar refractivity (Wildman–Crippen MR) is 78.2 cm³/mol. The van der Waals surface area contributed by atoms with Crippen molar-refractivity contribution in [3.8, 4) is 5.75 Å². The topological polar surface area (TPSA) is 21.3 Å². The lowest BCUT2D eigenvalue weighted by Gasteiger charge is -2.13. The Labute approximate surface area is 116 Å². The van der Waals surface area contributed by atoms with E-state index in [1.54, 1.807) is 13.0 Å². The van der Waals surface area contributed by atoms with Gasteiger partial charge in [0.25, 0.3) is 0 Å². The molecule has 0 saturated heterocycles. The normalized spacial score (nSPS) is 12.4. The molecule has 0 fully saturated rings. The number of aryl methyl sites for hydroxylation is 1. The molecule has 0 aromatic heterocycles. The van der Waals surface area contributed by atoms with Crippen LogP contribution in [0.2, 0.25) is 0 Å². The van der Waals surface area contributed by atoms with Crippen LogP contribution in [-0.2, 0) is 0 Å². The molecule has 0 spiro atoms. The van der Waals surface area contributed by atoms with Crippen molar-refractivity contribution in [2.24, 2.45) is 0 Å². The lowest BCUT2D eigenvalue weighted by atomic mass is 10.1. The van der Waals surface area contributed by atoms with Gasteiger partial charge in [0, 0.05) is 12.1 Å². The third kappa shape index (κ3) is 6.58. The molecular formula is C16H26FNO. The van der Waals surface area contributed by atoms with Gasteiger partial charge in [-0.3, -0.25) is 0 Å². The van der Waals surface area contributed by atoms with Gasteiger partial charge in [0.15, 0.2) is 0 Å². The maximum Gasteiger partial charge on any atom is 0.129 e. The number of nitrogens with one attached hydrogen (secondary N) is 1. The van der Waals surface area contributed by atoms with Gasteiger partial charge in [-0.05, 0) is 57.7 Å². The SMILES string of the molecule is CCCNC(C)CCCCOc1ccc(C)c(F)c1. The number of hydrogen-bond donors (Lipinski definition) is 1. The zero-order chi connectivity index (χ0) is 14.1. The van der Waals surface area contributed by atoms with Gasteiger partial charge in [-0.2, -0.15) is 0 Å². The second-order valence-electron chi connectivity index (χ2n) is 5.11. The van der Waals surface area contributed by atoms with Crippen LogP contribution >= 0.6 is 0 Å². The van der Waals surface area contributed by atoms with Crippen LogP contribution in [0, 0.1) is 12.7 Å². The average Bonchev–Trinajstić information content (AvgIpc) is 2.40. The van der Waals surface area contributed by atoms with E-state index < -0.39 is 0 Å². The molecule has 2 nitrogen and oxygen atoms in total. The van der Waals surface area contributed by atoms with Gasteiger partial charge in [0.1, 0.15) is 11.6 Å². The highest BCUT2D eigenvalue weighted by Gasteiger charge is 2.02. The van der Waals surface area contributed by atoms with Crippen molar-refractivity contribution < 1.29 is 9.13 Å². The number of hydrogen-bond acceptors (Lipinski definition) is 2. The van der Waals surface area contributed by atoms with Gasteiger partial charge in [-0.25, -0.2) is 4.39 Å². The Morgan fingerprint density at radius 2 is 2.11 bits per heavy atom. The molecular weight excluding hydrogens is 241 g/mol. The summed E-state index contributed by atoms with van der Waals surface area (Å²) in [6, 6.07) is 5.60. The van der Waals surface area contributed by atoms with Crippen molar-refractivity contribution in [3.05, 3.63) is 29.6 Å². The molecule has 3 heteroatoms. The second-order valence-corrected chi connectivity index (χ2v) is 5.11. The van der Waals surface area contributed by atoms with E-state index in [0.717, 1.165) is 25.8 Å². The van der Waals surface area contributed by atoms with Crippen LogP contribution in [0.4, 0.5) is 4.39 Å². The molecule has 0 aliphatic carbocycles. The summed E-state index contributed by atoms with van der Waals surface area (Å²) < 4.78 is 18.8. The first-order valence-electron chi connectivity index (χ1n) is 7.25. The molecule has 1 atom stereocenters. The fourth-order valence-corrected chi connectivity index (χ4v) is 1.90. The molecule has 19 heavy (non-hydrogen) atoms. The lowest BCUT2D eigenvalue weighted by Crippen LogP contribution is -2.26. The van der Waals surface area contributed by atoms with E-state index in [1.807, 2.05) is 6.07 Å². The molecule has 0 saturated carbocycles. The maximum absolute atomic E-state index is 13.3. The van der Waals surface area contributed by atoms with Crippen molar-refractivity contribution in [2.75, 3.05) is 13.2 Å². The highest BCUT2D eigenvalue weighted by Crippen LogP contribution is 2.16. The molecule has 0 radical (unpaired) electrons. The first-order valence-corrected chi connectivity index (χ1v) is 7.25. The highest BCUT2D eigenvalue weighted by molar-refractivity contribution is 5.27. The first kappa shape index (κ1) is 16.0. The van der Waals surface area contributed by atoms with Crippen LogP contribution in [0.3, 0.4) is 0 Å². The van der Waals surface area contributed by atoms with E-state index in [4.69, 9.17) is 4.74 Å². The quantitative estimate of drug-likeness (QED) is 0.681. The fourth-order valence-electron chi connectivity index (χ4n) is 1.90. The van der Waals surface area contributed by atoms with E-state index in [9.17, 15) is 4.39 Å². The van der Waals surface area contributed by atoms with Crippen molar-refractivity contribution in [3.63, 3.8) is 0 Å². The zero-order valence-corrected chi connectivity index (χ0v) is 12.3. The lowest BCUT2D eigenvalue weighted by molar-refractivity contribution is 0.300. The van der Waals surface area contributed by atoms with Crippen LogP contribution in [0.25, 0.3) is 0 Å². The van der Waals surface area contributed by atoms with Gasteiger partial charge in [0.05, 0.1) is 6.61 Å². The number of halogens is 1. The zero-order valence-electron chi connectivity index (χ0n) is 12.3. The summed E-state index contributed by atoms with van der Waals surface area (Å²) in [5.41, 5.74) is 0.656. The van der Waals surface area contributed by atoms with E-state index in [2.05, 4.69) is 19.2 Å². The Hall–Kier alpha value is -1.09. The number of benzene rings is 1. The molecule has 0 aliphatic rings. The van der Waals surface area contributed by atoms with Gasteiger partial charge >= 0.3 is 0 Å². The maximum atomic E-state index is 13.3. The van der Waals surface area contributed by atoms with E-state index >= 15 is 0 Å². The predicted octanol–water partition coefficient (Wildman–Crippen LogP) is 4.07.